The number of methoxy groups -OCH3 is 2. The number of amides is 1. The van der Waals surface area contributed by atoms with E-state index in [1.54, 1.807) is 14.2 Å². The maximum absolute atomic E-state index is 12.9. The molecule has 4 aromatic rings. The van der Waals surface area contributed by atoms with Crippen LogP contribution in [0.1, 0.15) is 30.5 Å². The summed E-state index contributed by atoms with van der Waals surface area (Å²) in [6.07, 6.45) is 2.91. The van der Waals surface area contributed by atoms with Gasteiger partial charge in [-0.3, -0.25) is 9.36 Å². The molecule has 1 amide bonds. The average molecular weight is 444 g/mol. The van der Waals surface area contributed by atoms with Gasteiger partial charge in [-0.1, -0.05) is 30.3 Å². The third-order valence-corrected chi connectivity index (χ3v) is 6.16. The van der Waals surface area contributed by atoms with Crippen LogP contribution in [0, 0.1) is 0 Å². The molecule has 170 valence electrons. The quantitative estimate of drug-likeness (QED) is 0.376. The number of hydrogen-bond donors (Lipinski definition) is 0. The smallest absolute Gasteiger partial charge is 0.223 e. The fourth-order valence-corrected chi connectivity index (χ4v) is 3.98. The number of aryl methyl sites for hydroxylation is 1. The predicted octanol–water partition coefficient (Wildman–Crippen LogP) is 5.19. The Hall–Kier alpha value is -3.80. The van der Waals surface area contributed by atoms with E-state index in [9.17, 15) is 4.79 Å². The lowest BCUT2D eigenvalue weighted by atomic mass is 10.0. The number of fused-ring (bicyclic) bond motifs is 1. The third-order valence-electron chi connectivity index (χ3n) is 6.16. The van der Waals surface area contributed by atoms with Crippen LogP contribution >= 0.6 is 0 Å². The minimum absolute atomic E-state index is 0.0310. The molecule has 1 aromatic heterocycles. The van der Waals surface area contributed by atoms with Crippen LogP contribution in [0.5, 0.6) is 11.5 Å². The summed E-state index contributed by atoms with van der Waals surface area (Å²) in [5.41, 5.74) is 5.21. The van der Waals surface area contributed by atoms with E-state index < -0.39 is 0 Å². The van der Waals surface area contributed by atoms with Crippen molar-refractivity contribution in [1.29, 1.82) is 0 Å². The molecule has 0 fully saturated rings. The third kappa shape index (κ3) is 4.70. The van der Waals surface area contributed by atoms with Gasteiger partial charge in [0.2, 0.25) is 5.91 Å². The number of para-hydroxylation sites is 2. The number of carbonyl (C=O) groups excluding carboxylic acids is 1. The molecular formula is C27H29N3O3. The molecule has 0 N–H and O–H groups in total. The zero-order valence-electron chi connectivity index (χ0n) is 19.5. The Kier molecular flexibility index (Phi) is 6.63. The Morgan fingerprint density at radius 3 is 2.45 bits per heavy atom. The van der Waals surface area contributed by atoms with Crippen LogP contribution in [0.2, 0.25) is 0 Å². The predicted molar refractivity (Wildman–Crippen MR) is 130 cm³/mol. The highest BCUT2D eigenvalue weighted by Gasteiger charge is 2.18. The van der Waals surface area contributed by atoms with Crippen LogP contribution in [0.15, 0.2) is 73.1 Å². The van der Waals surface area contributed by atoms with Crippen LogP contribution in [0.4, 0.5) is 0 Å². The molecule has 0 saturated heterocycles. The van der Waals surface area contributed by atoms with Crippen molar-refractivity contribution in [2.45, 2.75) is 25.8 Å². The molecular weight excluding hydrogens is 414 g/mol. The summed E-state index contributed by atoms with van der Waals surface area (Å²) in [7, 11) is 5.09. The molecule has 3 aromatic carbocycles. The lowest BCUT2D eigenvalue weighted by molar-refractivity contribution is -0.131. The maximum Gasteiger partial charge on any atom is 0.223 e. The summed E-state index contributed by atoms with van der Waals surface area (Å²) in [5, 5.41) is 0. The Bertz CT molecular complexity index is 1250. The molecule has 1 heterocycles. The van der Waals surface area contributed by atoms with E-state index in [0.717, 1.165) is 27.8 Å². The van der Waals surface area contributed by atoms with Crippen molar-refractivity contribution in [2.24, 2.45) is 0 Å². The SMILES string of the molecule is COc1ccc(CCC(=O)N(C)[C@H](C)c2ccc(-n3cnc4ccccc43)cc2)cc1OC. The first kappa shape index (κ1) is 22.4. The van der Waals surface area contributed by atoms with Crippen molar-refractivity contribution in [3.63, 3.8) is 0 Å². The van der Waals surface area contributed by atoms with Crippen molar-refractivity contribution in [1.82, 2.24) is 14.5 Å². The number of aromatic nitrogens is 2. The first-order valence-electron chi connectivity index (χ1n) is 11.0. The summed E-state index contributed by atoms with van der Waals surface area (Å²) in [5.74, 6) is 1.46. The first-order valence-corrected chi connectivity index (χ1v) is 11.0. The van der Waals surface area contributed by atoms with Gasteiger partial charge in [-0.2, -0.15) is 0 Å². The summed E-state index contributed by atoms with van der Waals surface area (Å²) in [4.78, 5) is 19.1. The molecule has 0 aliphatic heterocycles. The standard InChI is InChI=1S/C27H29N3O3/c1-19(29(2)27(31)16-10-20-9-15-25(32-3)26(17-20)33-4)21-11-13-22(14-12-21)30-18-28-23-7-5-6-8-24(23)30/h5-9,11-15,17-19H,10,16H2,1-4H3/t19-/m1/s1. The molecule has 0 aliphatic carbocycles. The van der Waals surface area contributed by atoms with Crippen molar-refractivity contribution in [3.8, 4) is 17.2 Å². The summed E-state index contributed by atoms with van der Waals surface area (Å²) < 4.78 is 12.7. The topological polar surface area (TPSA) is 56.6 Å². The van der Waals surface area contributed by atoms with Gasteiger partial charge in [0.15, 0.2) is 11.5 Å². The van der Waals surface area contributed by atoms with Crippen molar-refractivity contribution >= 4 is 16.9 Å². The number of benzene rings is 3. The molecule has 0 spiro atoms. The molecule has 6 heteroatoms. The normalized spacial score (nSPS) is 11.9. The molecule has 0 aliphatic rings. The zero-order chi connectivity index (χ0) is 23.4. The van der Waals surface area contributed by atoms with Gasteiger partial charge in [0.25, 0.3) is 0 Å². The number of ether oxygens (including phenoxy) is 2. The number of imidazole rings is 1. The van der Waals surface area contributed by atoms with E-state index in [2.05, 4.69) is 46.8 Å². The lowest BCUT2D eigenvalue weighted by Gasteiger charge is -2.26. The Labute approximate surface area is 194 Å². The molecule has 0 bridgehead atoms. The summed E-state index contributed by atoms with van der Waals surface area (Å²) in [6, 6.07) is 22.1. The van der Waals surface area contributed by atoms with Crippen LogP contribution in [-0.2, 0) is 11.2 Å². The summed E-state index contributed by atoms with van der Waals surface area (Å²) in [6.45, 7) is 2.05. The molecule has 33 heavy (non-hydrogen) atoms. The van der Waals surface area contributed by atoms with E-state index >= 15 is 0 Å². The lowest BCUT2D eigenvalue weighted by Crippen LogP contribution is -2.29. The van der Waals surface area contributed by atoms with Gasteiger partial charge in [0.1, 0.15) is 6.33 Å². The number of hydrogen-bond acceptors (Lipinski definition) is 4. The first-order chi connectivity index (χ1) is 16.0. The van der Waals surface area contributed by atoms with Crippen molar-refractivity contribution in [3.05, 3.63) is 84.2 Å². The van der Waals surface area contributed by atoms with Crippen LogP contribution in [-0.4, -0.2) is 41.6 Å². The van der Waals surface area contributed by atoms with Gasteiger partial charge in [-0.25, -0.2) is 4.98 Å². The maximum atomic E-state index is 12.9. The van der Waals surface area contributed by atoms with Gasteiger partial charge in [-0.05, 0) is 60.9 Å². The van der Waals surface area contributed by atoms with Gasteiger partial charge in [0.05, 0.1) is 31.3 Å². The van der Waals surface area contributed by atoms with E-state index in [1.807, 2.05) is 54.7 Å². The van der Waals surface area contributed by atoms with Gasteiger partial charge < -0.3 is 14.4 Å². The van der Waals surface area contributed by atoms with E-state index in [4.69, 9.17) is 9.47 Å². The second-order valence-electron chi connectivity index (χ2n) is 8.06. The summed E-state index contributed by atoms with van der Waals surface area (Å²) >= 11 is 0. The van der Waals surface area contributed by atoms with Crippen LogP contribution in [0.3, 0.4) is 0 Å². The van der Waals surface area contributed by atoms with Crippen molar-refractivity contribution < 1.29 is 14.3 Å². The highest BCUT2D eigenvalue weighted by molar-refractivity contribution is 5.77. The highest BCUT2D eigenvalue weighted by Crippen LogP contribution is 2.28. The Morgan fingerprint density at radius 1 is 1.00 bits per heavy atom. The molecule has 4 rings (SSSR count). The average Bonchev–Trinajstić information content (AvgIpc) is 3.30. The number of rotatable bonds is 8. The van der Waals surface area contributed by atoms with Crippen molar-refractivity contribution in [2.75, 3.05) is 21.3 Å². The van der Waals surface area contributed by atoms with E-state index in [0.29, 0.717) is 24.3 Å². The molecule has 0 radical (unpaired) electrons. The fourth-order valence-electron chi connectivity index (χ4n) is 3.98. The minimum atomic E-state index is -0.0310. The highest BCUT2D eigenvalue weighted by atomic mass is 16.5. The molecule has 0 saturated carbocycles. The second kappa shape index (κ2) is 9.77. The Balaban J connectivity index is 1.41. The molecule has 1 atom stereocenters. The fraction of sp³-hybridized carbons (Fsp3) is 0.259. The van der Waals surface area contributed by atoms with Gasteiger partial charge in [0, 0.05) is 19.2 Å². The van der Waals surface area contributed by atoms with Crippen LogP contribution < -0.4 is 9.47 Å². The Morgan fingerprint density at radius 2 is 1.73 bits per heavy atom. The zero-order valence-corrected chi connectivity index (χ0v) is 19.5. The van der Waals surface area contributed by atoms with Gasteiger partial charge in [-0.15, -0.1) is 0 Å². The van der Waals surface area contributed by atoms with E-state index in [-0.39, 0.29) is 11.9 Å². The van der Waals surface area contributed by atoms with E-state index in [1.165, 1.54) is 0 Å². The minimum Gasteiger partial charge on any atom is -0.493 e. The van der Waals surface area contributed by atoms with Crippen LogP contribution in [0.25, 0.3) is 16.7 Å². The monoisotopic (exact) mass is 443 g/mol. The number of nitrogens with zero attached hydrogens (tertiary/aromatic N) is 3. The molecule has 0 unspecified atom stereocenters. The number of carbonyl (C=O) groups is 1. The second-order valence-corrected chi connectivity index (χ2v) is 8.06. The largest absolute Gasteiger partial charge is 0.493 e. The van der Waals surface area contributed by atoms with Gasteiger partial charge >= 0.3 is 0 Å². The molecule has 6 nitrogen and oxygen atoms in total.